The lowest BCUT2D eigenvalue weighted by molar-refractivity contribution is 0.683. The minimum absolute atomic E-state index is 0.532. The van der Waals surface area contributed by atoms with E-state index in [1.54, 1.807) is 24.3 Å². The number of pyridine rings is 1. The highest BCUT2D eigenvalue weighted by atomic mass is 32.2. The van der Waals surface area contributed by atoms with Crippen LogP contribution in [-0.4, -0.2) is 32.9 Å². The van der Waals surface area contributed by atoms with Crippen molar-refractivity contribution >= 4 is 87.3 Å². The van der Waals surface area contributed by atoms with E-state index in [4.69, 9.17) is 15.0 Å². The van der Waals surface area contributed by atoms with Crippen LogP contribution in [-0.2, 0) is 10.8 Å². The number of allylic oxidation sites excluding steroid dienone is 2. The van der Waals surface area contributed by atoms with E-state index < -0.39 is 10.8 Å². The molecule has 12 aromatic rings. The van der Waals surface area contributed by atoms with Gasteiger partial charge in [-0.25, -0.2) is 14.2 Å². The highest BCUT2D eigenvalue weighted by Crippen LogP contribution is 2.44. The van der Waals surface area contributed by atoms with E-state index in [9.17, 15) is 9.47 Å². The van der Waals surface area contributed by atoms with Gasteiger partial charge in [-0.2, -0.15) is 5.26 Å². The third-order valence-corrected chi connectivity index (χ3v) is 13.1. The Morgan fingerprint density at radius 2 is 1.13 bits per heavy atom. The van der Waals surface area contributed by atoms with E-state index in [1.165, 1.54) is 0 Å². The summed E-state index contributed by atoms with van der Waals surface area (Å²) in [6, 6.07) is 57.1. The van der Waals surface area contributed by atoms with Gasteiger partial charge in [0.25, 0.3) is 0 Å². The van der Waals surface area contributed by atoms with Crippen LogP contribution in [0.4, 0.5) is 0 Å². The number of aromatic nitrogens is 6. The maximum absolute atomic E-state index is 13.8. The summed E-state index contributed by atoms with van der Waals surface area (Å²) in [7, 11) is -1.43. The Hall–Kier alpha value is -8.19. The second-order valence-electron chi connectivity index (χ2n) is 15.3. The van der Waals surface area contributed by atoms with Gasteiger partial charge in [-0.3, -0.25) is 14.1 Å². The Bertz CT molecular complexity index is 3830. The van der Waals surface area contributed by atoms with Gasteiger partial charge in [-0.15, -0.1) is 0 Å². The molecule has 12 rings (SSSR count). The fourth-order valence-electron chi connectivity index (χ4n) is 8.83. The van der Waals surface area contributed by atoms with Crippen LogP contribution in [0.1, 0.15) is 19.4 Å². The molecule has 1 atom stereocenters. The van der Waals surface area contributed by atoms with Gasteiger partial charge < -0.3 is 4.57 Å². The number of nitriles is 1. The Morgan fingerprint density at radius 3 is 1.83 bits per heavy atom. The molecular formula is C54H37N7OS. The third kappa shape index (κ3) is 6.11. The lowest BCUT2D eigenvalue weighted by atomic mass is 10.1. The summed E-state index contributed by atoms with van der Waals surface area (Å²) in [5.41, 5.74) is 9.45. The molecule has 0 radical (unpaired) electrons. The predicted molar refractivity (Wildman–Crippen MR) is 257 cm³/mol. The largest absolute Gasteiger partial charge is 0.309 e. The van der Waals surface area contributed by atoms with E-state index >= 15 is 0 Å². The maximum Gasteiger partial charge on any atom is 0.156 e. The number of benzene rings is 7. The molecule has 0 spiro atoms. The first-order chi connectivity index (χ1) is 31.1. The second kappa shape index (κ2) is 15.4. The minimum atomic E-state index is -1.43. The molecule has 7 aromatic carbocycles. The first-order valence-corrected chi connectivity index (χ1v) is 21.9. The van der Waals surface area contributed by atoms with Crippen LogP contribution in [0.2, 0.25) is 0 Å². The Kier molecular flexibility index (Phi) is 9.22. The van der Waals surface area contributed by atoms with Gasteiger partial charge in [-0.1, -0.05) is 72.8 Å². The summed E-state index contributed by atoms with van der Waals surface area (Å²) in [5.74, 6) is 1.60. The molecule has 1 unspecified atom stereocenters. The SMILES string of the molecule is C/C=C\C.N#Cc1ccc(S(=O)c2ccc(-n3c4cc5c6ccccc6n(-c6ccccn6)c5cc4c4ccc5c(c6ccccc6n5-c5cnc6ccccc6n5)c43)cc2)cc1. The summed E-state index contributed by atoms with van der Waals surface area (Å²) in [6.45, 7) is 4.00. The molecule has 0 N–H and O–H groups in total. The Labute approximate surface area is 364 Å². The number of rotatable bonds is 5. The molecule has 0 bridgehead atoms. The summed E-state index contributed by atoms with van der Waals surface area (Å²) in [6.07, 6.45) is 7.69. The van der Waals surface area contributed by atoms with Crippen molar-refractivity contribution in [2.75, 3.05) is 0 Å². The van der Waals surface area contributed by atoms with E-state index in [2.05, 4.69) is 111 Å². The lowest BCUT2D eigenvalue weighted by Crippen LogP contribution is -1.99. The van der Waals surface area contributed by atoms with Crippen LogP contribution in [0.5, 0.6) is 0 Å². The number of nitrogens with zero attached hydrogens (tertiary/aromatic N) is 7. The van der Waals surface area contributed by atoms with Crippen LogP contribution in [0.25, 0.3) is 93.8 Å². The number of para-hydroxylation sites is 4. The summed E-state index contributed by atoms with van der Waals surface area (Å²) >= 11 is 0. The average molecular weight is 832 g/mol. The van der Waals surface area contributed by atoms with Gasteiger partial charge in [0.05, 0.1) is 72.8 Å². The Balaban J connectivity index is 0.00000107. The van der Waals surface area contributed by atoms with Crippen LogP contribution < -0.4 is 0 Å². The molecular weight excluding hydrogens is 795 g/mol. The Morgan fingerprint density at radius 1 is 0.524 bits per heavy atom. The van der Waals surface area contributed by atoms with Gasteiger partial charge in [0.2, 0.25) is 0 Å². The van der Waals surface area contributed by atoms with E-state index in [0.29, 0.717) is 15.4 Å². The summed E-state index contributed by atoms with van der Waals surface area (Å²) in [4.78, 5) is 16.1. The molecule has 9 heteroatoms. The van der Waals surface area contributed by atoms with Crippen molar-refractivity contribution in [1.82, 2.24) is 28.7 Å². The molecule has 0 aliphatic carbocycles. The summed E-state index contributed by atoms with van der Waals surface area (Å²) in [5, 5.41) is 15.9. The van der Waals surface area contributed by atoms with Crippen molar-refractivity contribution in [3.8, 4) is 23.4 Å². The van der Waals surface area contributed by atoms with Gasteiger partial charge in [0.15, 0.2) is 5.82 Å². The minimum Gasteiger partial charge on any atom is -0.309 e. The van der Waals surface area contributed by atoms with Gasteiger partial charge in [0, 0.05) is 54.0 Å². The number of hydrogen-bond acceptors (Lipinski definition) is 5. The quantitative estimate of drug-likeness (QED) is 0.161. The first-order valence-electron chi connectivity index (χ1n) is 20.7. The third-order valence-electron chi connectivity index (χ3n) is 11.7. The van der Waals surface area contributed by atoms with Crippen LogP contribution in [0.3, 0.4) is 0 Å². The second-order valence-corrected chi connectivity index (χ2v) is 16.7. The number of hydrogen-bond donors (Lipinski definition) is 0. The lowest BCUT2D eigenvalue weighted by Gasteiger charge is -2.11. The van der Waals surface area contributed by atoms with Crippen LogP contribution in [0.15, 0.2) is 198 Å². The fourth-order valence-corrected chi connectivity index (χ4v) is 9.87. The zero-order valence-corrected chi connectivity index (χ0v) is 35.2. The number of fused-ring (bicyclic) bond motifs is 11. The molecule has 300 valence electrons. The van der Waals surface area contributed by atoms with Crippen molar-refractivity contribution < 1.29 is 4.21 Å². The molecule has 0 amide bonds. The molecule has 0 aliphatic rings. The zero-order chi connectivity index (χ0) is 42.6. The van der Waals surface area contributed by atoms with Gasteiger partial charge >= 0.3 is 0 Å². The maximum atomic E-state index is 13.8. The highest BCUT2D eigenvalue weighted by Gasteiger charge is 2.24. The molecule has 8 nitrogen and oxygen atoms in total. The fraction of sp³-hybridized carbons (Fsp3) is 0.0370. The molecule has 5 heterocycles. The monoisotopic (exact) mass is 831 g/mol. The van der Waals surface area contributed by atoms with Crippen molar-refractivity contribution in [1.29, 1.82) is 5.26 Å². The highest BCUT2D eigenvalue weighted by molar-refractivity contribution is 7.85. The van der Waals surface area contributed by atoms with Crippen molar-refractivity contribution in [3.05, 3.63) is 194 Å². The molecule has 63 heavy (non-hydrogen) atoms. The summed E-state index contributed by atoms with van der Waals surface area (Å²) < 4.78 is 20.6. The van der Waals surface area contributed by atoms with E-state index in [1.807, 2.05) is 86.9 Å². The molecule has 5 aromatic heterocycles. The zero-order valence-electron chi connectivity index (χ0n) is 34.3. The van der Waals surface area contributed by atoms with Gasteiger partial charge in [0.1, 0.15) is 5.82 Å². The van der Waals surface area contributed by atoms with Crippen molar-refractivity contribution in [2.24, 2.45) is 0 Å². The molecule has 0 saturated carbocycles. The van der Waals surface area contributed by atoms with E-state index in [0.717, 1.165) is 93.8 Å². The van der Waals surface area contributed by atoms with E-state index in [-0.39, 0.29) is 0 Å². The smallest absolute Gasteiger partial charge is 0.156 e. The van der Waals surface area contributed by atoms with Crippen molar-refractivity contribution in [3.63, 3.8) is 0 Å². The predicted octanol–water partition coefficient (Wildman–Crippen LogP) is 12.9. The topological polar surface area (TPSA) is 94.3 Å². The first kappa shape index (κ1) is 37.8. The van der Waals surface area contributed by atoms with Crippen LogP contribution >= 0.6 is 0 Å². The molecule has 0 aliphatic heterocycles. The standard InChI is InChI=1S/C50H29N7OS.C4H8/c51-29-31-16-20-33(21-17-31)59(58)34-22-18-32(19-23-34)55-45-27-38-35-9-1-5-13-42(35)57(47-15-7-8-26-52-47)46(38)28-39(45)36-24-25-44-49(50(36)55)37-10-2-6-14-43(37)56(44)48-30-53-40-11-3-4-12-41(40)54-48;1-3-4-2/h1-28,30H;3-4H,1-2H3/b;4-3-. The molecule has 0 fully saturated rings. The van der Waals surface area contributed by atoms with Crippen LogP contribution in [0, 0.1) is 11.3 Å². The average Bonchev–Trinajstić information content (AvgIpc) is 3.98. The normalized spacial score (nSPS) is 12.2. The van der Waals surface area contributed by atoms with Gasteiger partial charge in [-0.05, 0) is 117 Å². The van der Waals surface area contributed by atoms with Crippen molar-refractivity contribution in [2.45, 2.75) is 23.6 Å². The molecule has 0 saturated heterocycles.